The Morgan fingerprint density at radius 1 is 1.07 bits per heavy atom. The number of nitrogens with one attached hydrogen (secondary N) is 1. The van der Waals surface area contributed by atoms with Crippen molar-refractivity contribution in [3.05, 3.63) is 71.3 Å². The number of amides is 3. The second-order valence-corrected chi connectivity index (χ2v) is 8.83. The Hall–Kier alpha value is -3.15. The summed E-state index contributed by atoms with van der Waals surface area (Å²) in [5.41, 5.74) is 1.37. The first kappa shape index (κ1) is 21.6. The maximum atomic E-state index is 13.2. The second-order valence-electron chi connectivity index (χ2n) is 8.83. The Kier molecular flexibility index (Phi) is 5.70. The van der Waals surface area contributed by atoms with Crippen molar-refractivity contribution in [3.63, 3.8) is 0 Å². The molecular weight excluding hydrogens is 380 g/mol. The topological polar surface area (TPSA) is 75.7 Å². The highest BCUT2D eigenvalue weighted by atomic mass is 16.5. The predicted octanol–water partition coefficient (Wildman–Crippen LogP) is 3.88. The Labute approximate surface area is 177 Å². The van der Waals surface area contributed by atoms with Crippen molar-refractivity contribution in [3.8, 4) is 0 Å². The van der Waals surface area contributed by atoms with E-state index in [1.807, 2.05) is 54.6 Å². The van der Waals surface area contributed by atoms with Gasteiger partial charge in [0.05, 0.1) is 0 Å². The van der Waals surface area contributed by atoms with Crippen LogP contribution in [0.15, 0.2) is 54.6 Å². The Balaban J connectivity index is 1.75. The molecule has 2 atom stereocenters. The molecule has 1 fully saturated rings. The molecule has 0 aromatic heterocycles. The quantitative estimate of drug-likeness (QED) is 0.602. The van der Waals surface area contributed by atoms with Crippen molar-refractivity contribution in [2.24, 2.45) is 0 Å². The molecular formula is C24H28N2O4. The largest absolute Gasteiger partial charge is 0.459 e. The van der Waals surface area contributed by atoms with Crippen molar-refractivity contribution < 1.29 is 19.1 Å². The smallest absolute Gasteiger partial charge is 0.329 e. The number of esters is 1. The van der Waals surface area contributed by atoms with Crippen molar-refractivity contribution in [2.75, 3.05) is 0 Å². The van der Waals surface area contributed by atoms with Gasteiger partial charge in [0, 0.05) is 0 Å². The van der Waals surface area contributed by atoms with Gasteiger partial charge in [0.25, 0.3) is 5.91 Å². The Morgan fingerprint density at radius 3 is 2.23 bits per heavy atom. The van der Waals surface area contributed by atoms with Crippen LogP contribution in [0.5, 0.6) is 0 Å². The molecule has 6 nitrogen and oxygen atoms in total. The van der Waals surface area contributed by atoms with E-state index >= 15 is 0 Å². The molecule has 0 bridgehead atoms. The first-order chi connectivity index (χ1) is 14.0. The summed E-state index contributed by atoms with van der Waals surface area (Å²) in [4.78, 5) is 39.2. The maximum absolute atomic E-state index is 13.2. The van der Waals surface area contributed by atoms with Crippen LogP contribution in [0.25, 0.3) is 0 Å². The molecule has 0 aliphatic carbocycles. The van der Waals surface area contributed by atoms with Crippen LogP contribution < -0.4 is 5.32 Å². The minimum Gasteiger partial charge on any atom is -0.459 e. The van der Waals surface area contributed by atoms with Gasteiger partial charge in [-0.1, -0.05) is 75.4 Å². The number of benzene rings is 2. The summed E-state index contributed by atoms with van der Waals surface area (Å²) in [7, 11) is 0. The minimum absolute atomic E-state index is 0.0224. The molecule has 1 aliphatic rings. The Bertz CT molecular complexity index is 947. The van der Waals surface area contributed by atoms with Crippen molar-refractivity contribution in [1.82, 2.24) is 10.2 Å². The molecule has 0 spiro atoms. The highest BCUT2D eigenvalue weighted by Gasteiger charge is 2.52. The number of ether oxygens (including phenoxy) is 1. The van der Waals surface area contributed by atoms with Crippen LogP contribution in [0.2, 0.25) is 0 Å². The lowest BCUT2D eigenvalue weighted by Gasteiger charge is -2.25. The van der Waals surface area contributed by atoms with Gasteiger partial charge in [-0.2, -0.15) is 0 Å². The molecule has 2 aromatic carbocycles. The summed E-state index contributed by atoms with van der Waals surface area (Å²) in [6, 6.07) is 15.2. The van der Waals surface area contributed by atoms with Crippen LogP contribution >= 0.6 is 0 Å². The molecule has 2 unspecified atom stereocenters. The van der Waals surface area contributed by atoms with Gasteiger partial charge in [-0.3, -0.25) is 4.79 Å². The first-order valence-corrected chi connectivity index (χ1v) is 10.0. The van der Waals surface area contributed by atoms with Gasteiger partial charge in [0.2, 0.25) is 0 Å². The van der Waals surface area contributed by atoms with E-state index in [0.29, 0.717) is 5.56 Å². The van der Waals surface area contributed by atoms with Gasteiger partial charge in [-0.05, 0) is 36.0 Å². The fourth-order valence-corrected chi connectivity index (χ4v) is 3.47. The summed E-state index contributed by atoms with van der Waals surface area (Å²) in [5, 5.41) is 2.74. The molecule has 2 aromatic rings. The molecule has 1 N–H and O–H groups in total. The number of nitrogens with zero attached hydrogens (tertiary/aromatic N) is 1. The zero-order valence-electron chi connectivity index (χ0n) is 18.1. The normalized spacial score (nSPS) is 20.1. The fourth-order valence-electron chi connectivity index (χ4n) is 3.47. The van der Waals surface area contributed by atoms with Crippen LogP contribution in [0.4, 0.5) is 4.79 Å². The zero-order chi connectivity index (χ0) is 22.1. The summed E-state index contributed by atoms with van der Waals surface area (Å²) in [5.74, 6) is -1.10. The number of hydrogen-bond acceptors (Lipinski definition) is 4. The average molecular weight is 408 g/mol. The van der Waals surface area contributed by atoms with E-state index < -0.39 is 29.5 Å². The van der Waals surface area contributed by atoms with Crippen molar-refractivity contribution in [1.29, 1.82) is 0 Å². The van der Waals surface area contributed by atoms with Crippen LogP contribution in [-0.4, -0.2) is 28.8 Å². The number of urea groups is 1. The van der Waals surface area contributed by atoms with E-state index in [0.717, 1.165) is 16.0 Å². The number of hydrogen-bond donors (Lipinski definition) is 1. The monoisotopic (exact) mass is 408 g/mol. The number of carbonyl (C=O) groups excluding carboxylic acids is 3. The first-order valence-electron chi connectivity index (χ1n) is 10.0. The van der Waals surface area contributed by atoms with E-state index in [9.17, 15) is 14.4 Å². The van der Waals surface area contributed by atoms with Gasteiger partial charge < -0.3 is 10.1 Å². The van der Waals surface area contributed by atoms with Gasteiger partial charge in [0.1, 0.15) is 18.2 Å². The van der Waals surface area contributed by atoms with E-state index in [-0.39, 0.29) is 12.0 Å². The molecule has 158 valence electrons. The third-order valence-corrected chi connectivity index (χ3v) is 5.50. The van der Waals surface area contributed by atoms with E-state index in [2.05, 4.69) is 26.1 Å². The lowest BCUT2D eigenvalue weighted by atomic mass is 9.84. The molecule has 30 heavy (non-hydrogen) atoms. The SMILES string of the molecule is CC(C(=O)OCc1ccccc1)N1C(=O)NC(C)(c2ccc(C(C)(C)C)cc2)C1=O. The third kappa shape index (κ3) is 4.08. The predicted molar refractivity (Wildman–Crippen MR) is 114 cm³/mol. The lowest BCUT2D eigenvalue weighted by Crippen LogP contribution is -2.46. The molecule has 1 heterocycles. The van der Waals surface area contributed by atoms with Crippen molar-refractivity contribution in [2.45, 2.75) is 58.2 Å². The number of imide groups is 1. The average Bonchev–Trinajstić information content (AvgIpc) is 2.95. The zero-order valence-corrected chi connectivity index (χ0v) is 18.1. The highest BCUT2D eigenvalue weighted by molar-refractivity contribution is 6.09. The van der Waals surface area contributed by atoms with Crippen LogP contribution in [0, 0.1) is 0 Å². The summed E-state index contributed by atoms with van der Waals surface area (Å²) in [6.45, 7) is 9.56. The third-order valence-electron chi connectivity index (χ3n) is 5.50. The minimum atomic E-state index is -1.23. The van der Waals surface area contributed by atoms with Crippen LogP contribution in [-0.2, 0) is 31.9 Å². The van der Waals surface area contributed by atoms with Crippen molar-refractivity contribution >= 4 is 17.9 Å². The van der Waals surface area contributed by atoms with Gasteiger partial charge in [0.15, 0.2) is 0 Å². The number of carbonyl (C=O) groups is 3. The van der Waals surface area contributed by atoms with E-state index in [4.69, 9.17) is 4.74 Å². The van der Waals surface area contributed by atoms with E-state index in [1.54, 1.807) is 6.92 Å². The molecule has 1 aliphatic heterocycles. The summed E-state index contributed by atoms with van der Waals surface area (Å²) < 4.78 is 5.31. The van der Waals surface area contributed by atoms with Crippen LogP contribution in [0.3, 0.4) is 0 Å². The van der Waals surface area contributed by atoms with Gasteiger partial charge in [-0.15, -0.1) is 0 Å². The lowest BCUT2D eigenvalue weighted by molar-refractivity contribution is -0.153. The van der Waals surface area contributed by atoms with Gasteiger partial charge in [-0.25, -0.2) is 14.5 Å². The van der Waals surface area contributed by atoms with E-state index in [1.165, 1.54) is 6.92 Å². The van der Waals surface area contributed by atoms with Crippen LogP contribution in [0.1, 0.15) is 51.3 Å². The highest BCUT2D eigenvalue weighted by Crippen LogP contribution is 2.32. The standard InChI is InChI=1S/C24H28N2O4/c1-16(20(27)30-15-17-9-7-6-8-10-17)26-21(28)24(5,25-22(26)29)19-13-11-18(12-14-19)23(2,3)4/h6-14,16H,15H2,1-5H3,(H,25,29). The summed E-state index contributed by atoms with van der Waals surface area (Å²) >= 11 is 0. The molecule has 0 radical (unpaired) electrons. The fraction of sp³-hybridized carbons (Fsp3) is 0.375. The molecule has 3 amide bonds. The molecule has 1 saturated heterocycles. The molecule has 3 rings (SSSR count). The van der Waals surface area contributed by atoms with Gasteiger partial charge >= 0.3 is 12.0 Å². The second kappa shape index (κ2) is 7.94. The number of rotatable bonds is 5. The molecule has 0 saturated carbocycles. The molecule has 6 heteroatoms. The summed E-state index contributed by atoms with van der Waals surface area (Å²) in [6.07, 6.45) is 0. The maximum Gasteiger partial charge on any atom is 0.329 e. The Morgan fingerprint density at radius 2 is 1.67 bits per heavy atom.